The molecule has 0 saturated heterocycles. The first kappa shape index (κ1) is 15.1. The third kappa shape index (κ3) is 3.35. The van der Waals surface area contributed by atoms with Gasteiger partial charge in [-0.3, -0.25) is 9.78 Å². The van der Waals surface area contributed by atoms with E-state index in [0.717, 1.165) is 17.5 Å². The van der Waals surface area contributed by atoms with Gasteiger partial charge < -0.3 is 10.1 Å². The Labute approximate surface area is 135 Å². The molecule has 0 unspecified atom stereocenters. The number of pyridine rings is 1. The van der Waals surface area contributed by atoms with Crippen molar-refractivity contribution in [3.05, 3.63) is 59.6 Å². The van der Waals surface area contributed by atoms with Crippen LogP contribution in [0.1, 0.15) is 10.5 Å². The number of aromatic nitrogens is 2. The number of hydrogen-bond acceptors (Lipinski definition) is 5. The van der Waals surface area contributed by atoms with Crippen LogP contribution in [0.3, 0.4) is 0 Å². The SMILES string of the molecule is COc1ccc(-c2nc(C(=O)Nc3ccncc3F)cs2)cc1. The Morgan fingerprint density at radius 1 is 1.26 bits per heavy atom. The summed E-state index contributed by atoms with van der Waals surface area (Å²) in [5.74, 6) is -0.311. The number of thiazole rings is 1. The fourth-order valence-electron chi connectivity index (χ4n) is 1.91. The maximum Gasteiger partial charge on any atom is 0.275 e. The molecule has 0 bridgehead atoms. The Kier molecular flexibility index (Phi) is 4.29. The number of ether oxygens (including phenoxy) is 1. The van der Waals surface area contributed by atoms with Gasteiger partial charge >= 0.3 is 0 Å². The number of benzene rings is 1. The molecule has 0 spiro atoms. The molecule has 7 heteroatoms. The molecule has 0 aliphatic rings. The van der Waals surface area contributed by atoms with Crippen molar-refractivity contribution < 1.29 is 13.9 Å². The molecule has 5 nitrogen and oxygen atoms in total. The Hall–Kier alpha value is -2.80. The third-order valence-corrected chi connectivity index (χ3v) is 3.99. The van der Waals surface area contributed by atoms with Crippen LogP contribution < -0.4 is 10.1 Å². The average molecular weight is 329 g/mol. The summed E-state index contributed by atoms with van der Waals surface area (Å²) >= 11 is 1.34. The lowest BCUT2D eigenvalue weighted by Crippen LogP contribution is -2.13. The molecule has 0 fully saturated rings. The summed E-state index contributed by atoms with van der Waals surface area (Å²) < 4.78 is 18.6. The average Bonchev–Trinajstić information content (AvgIpc) is 3.07. The monoisotopic (exact) mass is 329 g/mol. The minimum Gasteiger partial charge on any atom is -0.497 e. The molecule has 0 saturated carbocycles. The lowest BCUT2D eigenvalue weighted by molar-refractivity contribution is 0.102. The van der Waals surface area contributed by atoms with E-state index in [4.69, 9.17) is 4.74 Å². The highest BCUT2D eigenvalue weighted by Crippen LogP contribution is 2.26. The van der Waals surface area contributed by atoms with Crippen LogP contribution in [0, 0.1) is 5.82 Å². The number of rotatable bonds is 4. The van der Waals surface area contributed by atoms with Crippen LogP contribution in [-0.4, -0.2) is 23.0 Å². The van der Waals surface area contributed by atoms with Crippen molar-refractivity contribution in [3.8, 4) is 16.3 Å². The first-order valence-electron chi connectivity index (χ1n) is 6.68. The first-order chi connectivity index (χ1) is 11.2. The number of nitrogens with one attached hydrogen (secondary N) is 1. The smallest absolute Gasteiger partial charge is 0.275 e. The van der Waals surface area contributed by atoms with Crippen molar-refractivity contribution in [2.45, 2.75) is 0 Å². The second kappa shape index (κ2) is 6.53. The highest BCUT2D eigenvalue weighted by atomic mass is 32.1. The topological polar surface area (TPSA) is 64.1 Å². The van der Waals surface area contributed by atoms with Gasteiger partial charge in [0.15, 0.2) is 5.82 Å². The van der Waals surface area contributed by atoms with Gasteiger partial charge in [0.1, 0.15) is 16.5 Å². The Balaban J connectivity index is 1.78. The number of amides is 1. The van der Waals surface area contributed by atoms with E-state index in [-0.39, 0.29) is 11.4 Å². The summed E-state index contributed by atoms with van der Waals surface area (Å²) in [6, 6.07) is 8.76. The largest absolute Gasteiger partial charge is 0.497 e. The van der Waals surface area contributed by atoms with E-state index in [1.165, 1.54) is 23.6 Å². The predicted octanol–water partition coefficient (Wildman–Crippen LogP) is 3.61. The third-order valence-electron chi connectivity index (χ3n) is 3.09. The van der Waals surface area contributed by atoms with Gasteiger partial charge in [-0.1, -0.05) is 0 Å². The molecule has 0 atom stereocenters. The van der Waals surface area contributed by atoms with Gasteiger partial charge in [0.25, 0.3) is 5.91 Å². The van der Waals surface area contributed by atoms with Crippen molar-refractivity contribution in [2.75, 3.05) is 12.4 Å². The van der Waals surface area contributed by atoms with Gasteiger partial charge in [0, 0.05) is 17.1 Å². The second-order valence-corrected chi connectivity index (χ2v) is 5.43. The van der Waals surface area contributed by atoms with E-state index < -0.39 is 11.7 Å². The van der Waals surface area contributed by atoms with E-state index in [9.17, 15) is 9.18 Å². The lowest BCUT2D eigenvalue weighted by atomic mass is 10.2. The minimum absolute atomic E-state index is 0.0731. The van der Waals surface area contributed by atoms with E-state index in [1.54, 1.807) is 12.5 Å². The van der Waals surface area contributed by atoms with Crippen LogP contribution in [0.5, 0.6) is 5.75 Å². The lowest BCUT2D eigenvalue weighted by Gasteiger charge is -2.03. The predicted molar refractivity (Wildman–Crippen MR) is 86.3 cm³/mol. The number of halogens is 1. The molecule has 23 heavy (non-hydrogen) atoms. The zero-order chi connectivity index (χ0) is 16.2. The second-order valence-electron chi connectivity index (χ2n) is 4.58. The normalized spacial score (nSPS) is 10.3. The van der Waals surface area contributed by atoms with Gasteiger partial charge in [0.2, 0.25) is 0 Å². The molecule has 0 aliphatic heterocycles. The number of anilines is 1. The molecule has 116 valence electrons. The van der Waals surface area contributed by atoms with Crippen LogP contribution in [0.2, 0.25) is 0 Å². The van der Waals surface area contributed by atoms with E-state index in [2.05, 4.69) is 15.3 Å². The Morgan fingerprint density at radius 3 is 2.74 bits per heavy atom. The van der Waals surface area contributed by atoms with Gasteiger partial charge in [-0.25, -0.2) is 9.37 Å². The van der Waals surface area contributed by atoms with Crippen LogP contribution in [0.25, 0.3) is 10.6 Å². The summed E-state index contributed by atoms with van der Waals surface area (Å²) in [5, 5.41) is 4.81. The molecule has 0 aliphatic carbocycles. The zero-order valence-corrected chi connectivity index (χ0v) is 12.9. The summed E-state index contributed by atoms with van der Waals surface area (Å²) in [5.41, 5.74) is 1.19. The number of carbonyl (C=O) groups is 1. The Morgan fingerprint density at radius 2 is 2.04 bits per heavy atom. The molecular weight excluding hydrogens is 317 g/mol. The summed E-state index contributed by atoms with van der Waals surface area (Å²) in [7, 11) is 1.60. The molecule has 1 aromatic carbocycles. The zero-order valence-electron chi connectivity index (χ0n) is 12.1. The molecule has 0 radical (unpaired) electrons. The highest BCUT2D eigenvalue weighted by molar-refractivity contribution is 7.13. The van der Waals surface area contributed by atoms with Gasteiger partial charge in [-0.2, -0.15) is 0 Å². The number of hydrogen-bond donors (Lipinski definition) is 1. The van der Waals surface area contributed by atoms with E-state index >= 15 is 0 Å². The van der Waals surface area contributed by atoms with Crippen LogP contribution >= 0.6 is 11.3 Å². The van der Waals surface area contributed by atoms with Crippen molar-refractivity contribution in [2.24, 2.45) is 0 Å². The summed E-state index contributed by atoms with van der Waals surface area (Å²) in [4.78, 5) is 20.1. The van der Waals surface area contributed by atoms with Crippen LogP contribution in [0.4, 0.5) is 10.1 Å². The molecule has 2 heterocycles. The number of methoxy groups -OCH3 is 1. The standard InChI is InChI=1S/C16H12FN3O2S/c1-22-11-4-2-10(3-5-11)16-20-14(9-23-16)15(21)19-13-6-7-18-8-12(13)17/h2-9H,1H3,(H,18,19,21). The fraction of sp³-hybridized carbons (Fsp3) is 0.0625. The van der Waals surface area contributed by atoms with Crippen LogP contribution in [0.15, 0.2) is 48.1 Å². The molecule has 3 rings (SSSR count). The Bertz CT molecular complexity index is 833. The van der Waals surface area contributed by atoms with Gasteiger partial charge in [-0.15, -0.1) is 11.3 Å². The first-order valence-corrected chi connectivity index (χ1v) is 7.56. The number of carbonyl (C=O) groups excluding carboxylic acids is 1. The maximum atomic E-state index is 13.5. The molecule has 3 aromatic rings. The van der Waals surface area contributed by atoms with Crippen molar-refractivity contribution in [1.29, 1.82) is 0 Å². The highest BCUT2D eigenvalue weighted by Gasteiger charge is 2.14. The maximum absolute atomic E-state index is 13.5. The van der Waals surface area contributed by atoms with Gasteiger partial charge in [0.05, 0.1) is 19.0 Å². The summed E-state index contributed by atoms with van der Waals surface area (Å²) in [6.07, 6.45) is 2.45. The summed E-state index contributed by atoms with van der Waals surface area (Å²) in [6.45, 7) is 0. The molecular formula is C16H12FN3O2S. The van der Waals surface area contributed by atoms with Crippen molar-refractivity contribution >= 4 is 22.9 Å². The molecule has 1 amide bonds. The molecule has 1 N–H and O–H groups in total. The van der Waals surface area contributed by atoms with Crippen LogP contribution in [-0.2, 0) is 0 Å². The van der Waals surface area contributed by atoms with Gasteiger partial charge in [-0.05, 0) is 30.3 Å². The minimum atomic E-state index is -0.591. The number of nitrogens with zero attached hydrogens (tertiary/aromatic N) is 2. The quantitative estimate of drug-likeness (QED) is 0.794. The van der Waals surface area contributed by atoms with Crippen molar-refractivity contribution in [3.63, 3.8) is 0 Å². The fourth-order valence-corrected chi connectivity index (χ4v) is 2.71. The van der Waals surface area contributed by atoms with Crippen molar-refractivity contribution in [1.82, 2.24) is 9.97 Å². The van der Waals surface area contributed by atoms with E-state index in [0.29, 0.717) is 5.01 Å². The van der Waals surface area contributed by atoms with E-state index in [1.807, 2.05) is 24.3 Å². The molecule has 2 aromatic heterocycles.